The van der Waals surface area contributed by atoms with E-state index in [0.717, 1.165) is 38.3 Å². The third-order valence-electron chi connectivity index (χ3n) is 4.37. The van der Waals surface area contributed by atoms with Crippen molar-refractivity contribution in [3.63, 3.8) is 0 Å². The van der Waals surface area contributed by atoms with Crippen LogP contribution < -0.4 is 10.1 Å². The van der Waals surface area contributed by atoms with E-state index in [-0.39, 0.29) is 5.91 Å². The van der Waals surface area contributed by atoms with Crippen LogP contribution in [0.3, 0.4) is 0 Å². The zero-order chi connectivity index (χ0) is 14.5. The average molecular weight is 288 g/mol. The summed E-state index contributed by atoms with van der Waals surface area (Å²) in [6.45, 7) is 3.91. The number of ether oxygens (including phenoxy) is 1. The van der Waals surface area contributed by atoms with Gasteiger partial charge in [-0.25, -0.2) is 0 Å². The van der Waals surface area contributed by atoms with Gasteiger partial charge < -0.3 is 15.0 Å². The fourth-order valence-electron chi connectivity index (χ4n) is 3.13. The maximum absolute atomic E-state index is 12.0. The first-order chi connectivity index (χ1) is 10.3. The minimum absolute atomic E-state index is 0.203. The number of piperazine rings is 1. The monoisotopic (exact) mass is 288 g/mol. The van der Waals surface area contributed by atoms with Crippen molar-refractivity contribution < 1.29 is 9.53 Å². The van der Waals surface area contributed by atoms with Gasteiger partial charge in [0, 0.05) is 26.2 Å². The van der Waals surface area contributed by atoms with E-state index in [1.807, 2.05) is 11.0 Å². The highest BCUT2D eigenvalue weighted by atomic mass is 16.5. The molecule has 1 heterocycles. The Hall–Kier alpha value is -1.55. The number of fused-ring (bicyclic) bond motifs is 1. The third-order valence-corrected chi connectivity index (χ3v) is 4.37. The van der Waals surface area contributed by atoms with Crippen LogP contribution in [0.25, 0.3) is 0 Å². The van der Waals surface area contributed by atoms with E-state index in [1.165, 1.54) is 30.4 Å². The molecule has 1 aliphatic heterocycles. The van der Waals surface area contributed by atoms with Crippen molar-refractivity contribution in [2.24, 2.45) is 0 Å². The van der Waals surface area contributed by atoms with Crippen LogP contribution in [0.5, 0.6) is 5.75 Å². The van der Waals surface area contributed by atoms with Gasteiger partial charge in [0.25, 0.3) is 0 Å². The third kappa shape index (κ3) is 3.76. The quantitative estimate of drug-likeness (QED) is 0.918. The topological polar surface area (TPSA) is 41.6 Å². The van der Waals surface area contributed by atoms with E-state index in [2.05, 4.69) is 17.4 Å². The Morgan fingerprint density at radius 2 is 1.90 bits per heavy atom. The van der Waals surface area contributed by atoms with Crippen LogP contribution in [0.2, 0.25) is 0 Å². The zero-order valence-corrected chi connectivity index (χ0v) is 12.6. The molecule has 0 spiro atoms. The average Bonchev–Trinajstić information content (AvgIpc) is 2.55. The highest BCUT2D eigenvalue weighted by Crippen LogP contribution is 2.25. The summed E-state index contributed by atoms with van der Waals surface area (Å²) in [7, 11) is 0. The van der Waals surface area contributed by atoms with Crippen LogP contribution in [-0.4, -0.2) is 43.6 Å². The summed E-state index contributed by atoms with van der Waals surface area (Å²) in [4.78, 5) is 14.0. The molecule has 21 heavy (non-hydrogen) atoms. The molecule has 1 aromatic rings. The van der Waals surface area contributed by atoms with Crippen LogP contribution in [0.15, 0.2) is 18.2 Å². The summed E-state index contributed by atoms with van der Waals surface area (Å²) >= 11 is 0. The van der Waals surface area contributed by atoms with Gasteiger partial charge in [0.2, 0.25) is 5.91 Å². The van der Waals surface area contributed by atoms with Gasteiger partial charge in [0.15, 0.2) is 0 Å². The number of hydrogen-bond donors (Lipinski definition) is 1. The number of benzene rings is 1. The van der Waals surface area contributed by atoms with Crippen LogP contribution in [0, 0.1) is 0 Å². The summed E-state index contributed by atoms with van der Waals surface area (Å²) < 4.78 is 5.77. The van der Waals surface area contributed by atoms with Gasteiger partial charge in [-0.15, -0.1) is 0 Å². The van der Waals surface area contributed by atoms with Gasteiger partial charge in [-0.05, 0) is 48.9 Å². The van der Waals surface area contributed by atoms with Gasteiger partial charge in [0.1, 0.15) is 5.75 Å². The minimum atomic E-state index is 0.203. The van der Waals surface area contributed by atoms with Crippen LogP contribution in [-0.2, 0) is 17.6 Å². The van der Waals surface area contributed by atoms with E-state index in [0.29, 0.717) is 13.0 Å². The summed E-state index contributed by atoms with van der Waals surface area (Å²) in [6.07, 6.45) is 5.39. The second-order valence-electron chi connectivity index (χ2n) is 5.87. The van der Waals surface area contributed by atoms with Crippen molar-refractivity contribution in [3.05, 3.63) is 29.3 Å². The molecule has 0 atom stereocenters. The smallest absolute Gasteiger partial charge is 0.226 e. The number of aryl methyl sites for hydroxylation is 2. The highest BCUT2D eigenvalue weighted by molar-refractivity contribution is 5.76. The van der Waals surface area contributed by atoms with Crippen LogP contribution >= 0.6 is 0 Å². The molecular weight excluding hydrogens is 264 g/mol. The molecule has 1 aromatic carbocycles. The predicted octanol–water partition coefficient (Wildman–Crippen LogP) is 1.77. The molecule has 0 radical (unpaired) electrons. The maximum Gasteiger partial charge on any atom is 0.226 e. The Kier molecular flexibility index (Phi) is 4.76. The van der Waals surface area contributed by atoms with E-state index >= 15 is 0 Å². The summed E-state index contributed by atoms with van der Waals surface area (Å²) in [5.74, 6) is 1.11. The molecule has 1 amide bonds. The lowest BCUT2D eigenvalue weighted by molar-refractivity contribution is -0.132. The Bertz CT molecular complexity index is 496. The van der Waals surface area contributed by atoms with Crippen molar-refractivity contribution in [2.75, 3.05) is 32.8 Å². The first-order valence-corrected chi connectivity index (χ1v) is 8.06. The Morgan fingerprint density at radius 1 is 1.14 bits per heavy atom. The second-order valence-corrected chi connectivity index (χ2v) is 5.87. The fraction of sp³-hybridized carbons (Fsp3) is 0.588. The normalized spacial score (nSPS) is 18.2. The van der Waals surface area contributed by atoms with Crippen molar-refractivity contribution in [1.29, 1.82) is 0 Å². The van der Waals surface area contributed by atoms with Gasteiger partial charge in [0.05, 0.1) is 13.0 Å². The molecule has 0 unspecified atom stereocenters. The molecule has 0 aromatic heterocycles. The molecule has 4 nitrogen and oxygen atoms in total. The number of carbonyl (C=O) groups is 1. The Labute approximate surface area is 126 Å². The molecule has 4 heteroatoms. The fourth-order valence-corrected chi connectivity index (χ4v) is 3.13. The van der Waals surface area contributed by atoms with Gasteiger partial charge in [-0.2, -0.15) is 0 Å². The van der Waals surface area contributed by atoms with Gasteiger partial charge in [-0.1, -0.05) is 6.07 Å². The number of carbonyl (C=O) groups excluding carboxylic acids is 1. The van der Waals surface area contributed by atoms with E-state index in [1.54, 1.807) is 0 Å². The number of nitrogens with one attached hydrogen (secondary N) is 1. The van der Waals surface area contributed by atoms with Crippen molar-refractivity contribution >= 4 is 5.91 Å². The van der Waals surface area contributed by atoms with Crippen LogP contribution in [0.1, 0.15) is 30.4 Å². The van der Waals surface area contributed by atoms with Gasteiger partial charge in [-0.3, -0.25) is 4.79 Å². The van der Waals surface area contributed by atoms with Crippen LogP contribution in [0.4, 0.5) is 0 Å². The lowest BCUT2D eigenvalue weighted by Gasteiger charge is -2.27. The minimum Gasteiger partial charge on any atom is -0.493 e. The second kappa shape index (κ2) is 6.94. The molecule has 0 bridgehead atoms. The Morgan fingerprint density at radius 3 is 2.71 bits per heavy atom. The summed E-state index contributed by atoms with van der Waals surface area (Å²) in [5, 5.41) is 3.26. The number of rotatable bonds is 4. The predicted molar refractivity (Wildman–Crippen MR) is 82.6 cm³/mol. The van der Waals surface area contributed by atoms with Crippen molar-refractivity contribution in [3.8, 4) is 5.75 Å². The largest absolute Gasteiger partial charge is 0.493 e. The first-order valence-electron chi connectivity index (χ1n) is 8.06. The highest BCUT2D eigenvalue weighted by Gasteiger charge is 2.16. The molecule has 1 saturated heterocycles. The number of hydrogen-bond acceptors (Lipinski definition) is 3. The molecule has 1 fully saturated rings. The van der Waals surface area contributed by atoms with E-state index in [4.69, 9.17) is 4.74 Å². The number of nitrogens with zero attached hydrogens (tertiary/aromatic N) is 1. The Balaban J connectivity index is 1.47. The van der Waals surface area contributed by atoms with E-state index in [9.17, 15) is 4.79 Å². The number of amides is 1. The summed E-state index contributed by atoms with van der Waals surface area (Å²) in [6, 6.07) is 6.38. The molecular formula is C17H24N2O2. The SMILES string of the molecule is O=C(CCOc1ccc2c(c1)CCCC2)N1CCNCC1. The van der Waals surface area contributed by atoms with E-state index < -0.39 is 0 Å². The molecule has 1 N–H and O–H groups in total. The molecule has 3 rings (SSSR count). The van der Waals surface area contributed by atoms with Gasteiger partial charge >= 0.3 is 0 Å². The maximum atomic E-state index is 12.0. The summed E-state index contributed by atoms with van der Waals surface area (Å²) in [5.41, 5.74) is 2.89. The zero-order valence-electron chi connectivity index (χ0n) is 12.6. The molecule has 2 aliphatic rings. The molecule has 0 saturated carbocycles. The standard InChI is InChI=1S/C17H24N2O2/c20-17(19-10-8-18-9-11-19)7-12-21-16-6-5-14-3-1-2-4-15(14)13-16/h5-6,13,18H,1-4,7-12H2. The van der Waals surface area contributed by atoms with Crippen molar-refractivity contribution in [1.82, 2.24) is 10.2 Å². The first kappa shape index (κ1) is 14.4. The molecule has 114 valence electrons. The lowest BCUT2D eigenvalue weighted by Crippen LogP contribution is -2.46. The van der Waals surface area contributed by atoms with Crippen molar-refractivity contribution in [2.45, 2.75) is 32.1 Å². The molecule has 1 aliphatic carbocycles. The lowest BCUT2D eigenvalue weighted by atomic mass is 9.92.